The number of aromatic nitrogens is 1. The van der Waals surface area contributed by atoms with Crippen LogP contribution < -0.4 is 5.32 Å². The lowest BCUT2D eigenvalue weighted by Gasteiger charge is -2.13. The molecule has 1 aromatic carbocycles. The molecule has 0 atom stereocenters. The van der Waals surface area contributed by atoms with Crippen molar-refractivity contribution in [1.29, 1.82) is 0 Å². The molecule has 18 heavy (non-hydrogen) atoms. The summed E-state index contributed by atoms with van der Waals surface area (Å²) in [6, 6.07) is 9.88. The maximum atomic E-state index is 12.7. The molecule has 0 unspecified atom stereocenters. The summed E-state index contributed by atoms with van der Waals surface area (Å²) >= 11 is 5.67. The first-order chi connectivity index (χ1) is 8.47. The summed E-state index contributed by atoms with van der Waals surface area (Å²) in [5.41, 5.74) is -0.799. The van der Waals surface area contributed by atoms with Crippen molar-refractivity contribution in [3.63, 3.8) is 0 Å². The van der Waals surface area contributed by atoms with Crippen LogP contribution in [0.2, 0.25) is 5.15 Å². The Kier molecular flexibility index (Phi) is 3.43. The predicted octanol–water partition coefficient (Wildman–Crippen LogP) is 4.50. The van der Waals surface area contributed by atoms with E-state index in [9.17, 15) is 13.2 Å². The summed E-state index contributed by atoms with van der Waals surface area (Å²) in [6.07, 6.45) is -4.41. The van der Waals surface area contributed by atoms with E-state index in [0.29, 0.717) is 0 Å². The van der Waals surface area contributed by atoms with Gasteiger partial charge in [-0.15, -0.1) is 0 Å². The Morgan fingerprint density at radius 1 is 1.00 bits per heavy atom. The van der Waals surface area contributed by atoms with Gasteiger partial charge in [-0.3, -0.25) is 0 Å². The van der Waals surface area contributed by atoms with Crippen molar-refractivity contribution in [2.45, 2.75) is 6.18 Å². The molecule has 94 valence electrons. The average Bonchev–Trinajstić information content (AvgIpc) is 2.28. The quantitative estimate of drug-likeness (QED) is 0.814. The van der Waals surface area contributed by atoms with Gasteiger partial charge in [-0.2, -0.15) is 13.2 Å². The fourth-order valence-corrected chi connectivity index (χ4v) is 1.62. The second-order valence-corrected chi connectivity index (χ2v) is 3.90. The minimum atomic E-state index is -4.41. The molecule has 0 saturated heterocycles. The minimum Gasteiger partial charge on any atom is -0.340 e. The molecule has 0 saturated carbocycles. The van der Waals surface area contributed by atoms with Gasteiger partial charge in [0.25, 0.3) is 0 Å². The van der Waals surface area contributed by atoms with Crippen LogP contribution >= 0.6 is 11.6 Å². The van der Waals surface area contributed by atoms with Gasteiger partial charge in [-0.25, -0.2) is 4.98 Å². The molecular weight excluding hydrogens is 265 g/mol. The van der Waals surface area contributed by atoms with Crippen LogP contribution in [0.4, 0.5) is 24.7 Å². The van der Waals surface area contributed by atoms with Crippen LogP contribution in [0.1, 0.15) is 5.56 Å². The van der Waals surface area contributed by atoms with Gasteiger partial charge < -0.3 is 5.32 Å². The van der Waals surface area contributed by atoms with Crippen molar-refractivity contribution in [3.8, 4) is 0 Å². The van der Waals surface area contributed by atoms with Crippen molar-refractivity contribution in [2.75, 3.05) is 5.32 Å². The van der Waals surface area contributed by atoms with Gasteiger partial charge in [0, 0.05) is 0 Å². The first kappa shape index (κ1) is 12.7. The first-order valence-corrected chi connectivity index (χ1v) is 5.40. The number of pyridine rings is 1. The third-order valence-electron chi connectivity index (χ3n) is 2.21. The van der Waals surface area contributed by atoms with Crippen LogP contribution in [0, 0.1) is 0 Å². The van der Waals surface area contributed by atoms with Crippen LogP contribution in [-0.2, 0) is 6.18 Å². The number of nitrogens with zero attached hydrogens (tertiary/aromatic N) is 1. The summed E-state index contributed by atoms with van der Waals surface area (Å²) in [5, 5.41) is 2.82. The molecule has 0 spiro atoms. The van der Waals surface area contributed by atoms with E-state index in [1.165, 1.54) is 18.2 Å². The maximum Gasteiger partial charge on any atom is 0.418 e. The zero-order valence-corrected chi connectivity index (χ0v) is 9.76. The summed E-state index contributed by atoms with van der Waals surface area (Å²) in [6.45, 7) is 0. The monoisotopic (exact) mass is 272 g/mol. The SMILES string of the molecule is FC(F)(F)c1ccccc1Nc1cccc(Cl)n1. The number of anilines is 2. The number of benzene rings is 1. The van der Waals surface area contributed by atoms with Gasteiger partial charge in [0.2, 0.25) is 0 Å². The van der Waals surface area contributed by atoms with Gasteiger partial charge in [-0.05, 0) is 24.3 Å². The normalized spacial score (nSPS) is 11.3. The Labute approximate surface area is 106 Å². The number of para-hydroxylation sites is 1. The van der Waals surface area contributed by atoms with Crippen molar-refractivity contribution >= 4 is 23.1 Å². The second-order valence-electron chi connectivity index (χ2n) is 3.51. The summed E-state index contributed by atoms with van der Waals surface area (Å²) in [4.78, 5) is 3.88. The molecule has 0 aliphatic carbocycles. The van der Waals surface area contributed by atoms with E-state index in [0.717, 1.165) is 6.07 Å². The highest BCUT2D eigenvalue weighted by Crippen LogP contribution is 2.35. The molecule has 2 nitrogen and oxygen atoms in total. The summed E-state index contributed by atoms with van der Waals surface area (Å²) in [7, 11) is 0. The van der Waals surface area contributed by atoms with E-state index in [1.807, 2.05) is 0 Å². The van der Waals surface area contributed by atoms with Crippen LogP contribution in [0.15, 0.2) is 42.5 Å². The molecule has 1 aromatic heterocycles. The van der Waals surface area contributed by atoms with E-state index in [2.05, 4.69) is 10.3 Å². The largest absolute Gasteiger partial charge is 0.418 e. The molecule has 2 aromatic rings. The third-order valence-corrected chi connectivity index (χ3v) is 2.42. The Balaban J connectivity index is 2.35. The van der Waals surface area contributed by atoms with Crippen LogP contribution in [0.5, 0.6) is 0 Å². The molecule has 6 heteroatoms. The van der Waals surface area contributed by atoms with Gasteiger partial charge >= 0.3 is 6.18 Å². The van der Waals surface area contributed by atoms with Gasteiger partial charge in [-0.1, -0.05) is 29.8 Å². The fourth-order valence-electron chi connectivity index (χ4n) is 1.46. The first-order valence-electron chi connectivity index (χ1n) is 5.02. The van der Waals surface area contributed by atoms with Gasteiger partial charge in [0.15, 0.2) is 0 Å². The fraction of sp³-hybridized carbons (Fsp3) is 0.0833. The van der Waals surface area contributed by atoms with E-state index < -0.39 is 11.7 Å². The molecule has 1 N–H and O–H groups in total. The van der Waals surface area contributed by atoms with Crippen LogP contribution in [-0.4, -0.2) is 4.98 Å². The average molecular weight is 273 g/mol. The summed E-state index contributed by atoms with van der Waals surface area (Å²) in [5.74, 6) is 0.263. The lowest BCUT2D eigenvalue weighted by atomic mass is 10.1. The number of rotatable bonds is 2. The molecule has 0 aliphatic heterocycles. The molecule has 0 radical (unpaired) electrons. The highest BCUT2D eigenvalue weighted by atomic mass is 35.5. The smallest absolute Gasteiger partial charge is 0.340 e. The highest BCUT2D eigenvalue weighted by Gasteiger charge is 2.33. The molecule has 0 amide bonds. The van der Waals surface area contributed by atoms with E-state index in [4.69, 9.17) is 11.6 Å². The third kappa shape index (κ3) is 2.92. The maximum absolute atomic E-state index is 12.7. The van der Waals surface area contributed by atoms with Crippen molar-refractivity contribution in [3.05, 3.63) is 53.2 Å². The topological polar surface area (TPSA) is 24.9 Å². The number of hydrogen-bond acceptors (Lipinski definition) is 2. The molecule has 1 heterocycles. The van der Waals surface area contributed by atoms with E-state index in [1.54, 1.807) is 18.2 Å². The zero-order valence-electron chi connectivity index (χ0n) is 9.00. The van der Waals surface area contributed by atoms with E-state index >= 15 is 0 Å². The molecule has 0 fully saturated rings. The van der Waals surface area contributed by atoms with Crippen molar-refractivity contribution < 1.29 is 13.2 Å². The molecule has 0 bridgehead atoms. The Morgan fingerprint density at radius 3 is 2.39 bits per heavy atom. The van der Waals surface area contributed by atoms with E-state index in [-0.39, 0.29) is 16.7 Å². The second kappa shape index (κ2) is 4.86. The number of halogens is 4. The Bertz CT molecular complexity index is 555. The Hall–Kier alpha value is -1.75. The van der Waals surface area contributed by atoms with Crippen LogP contribution in [0.3, 0.4) is 0 Å². The van der Waals surface area contributed by atoms with Gasteiger partial charge in [0.05, 0.1) is 11.3 Å². The lowest BCUT2D eigenvalue weighted by Crippen LogP contribution is -2.08. The van der Waals surface area contributed by atoms with Gasteiger partial charge in [0.1, 0.15) is 11.0 Å². The minimum absolute atomic E-state index is 0.0558. The number of nitrogens with one attached hydrogen (secondary N) is 1. The zero-order chi connectivity index (χ0) is 13.2. The predicted molar refractivity (Wildman–Crippen MR) is 64.0 cm³/mol. The molecule has 0 aliphatic rings. The van der Waals surface area contributed by atoms with Crippen LogP contribution in [0.25, 0.3) is 0 Å². The standard InChI is InChI=1S/C12H8ClF3N2/c13-10-6-3-7-11(18-10)17-9-5-2-1-4-8(9)12(14,15)16/h1-7H,(H,17,18). The molecular formula is C12H8ClF3N2. The highest BCUT2D eigenvalue weighted by molar-refractivity contribution is 6.29. The number of alkyl halides is 3. The number of hydrogen-bond donors (Lipinski definition) is 1. The van der Waals surface area contributed by atoms with Crippen molar-refractivity contribution in [2.24, 2.45) is 0 Å². The summed E-state index contributed by atoms with van der Waals surface area (Å²) < 4.78 is 38.2. The molecule has 2 rings (SSSR count). The Morgan fingerprint density at radius 2 is 1.72 bits per heavy atom. The lowest BCUT2D eigenvalue weighted by molar-refractivity contribution is -0.136. The van der Waals surface area contributed by atoms with Crippen molar-refractivity contribution in [1.82, 2.24) is 4.98 Å².